The average molecular weight is 377 g/mol. The Morgan fingerprint density at radius 1 is 1.29 bits per heavy atom. The summed E-state index contributed by atoms with van der Waals surface area (Å²) >= 11 is 3.03. The van der Waals surface area contributed by atoms with Gasteiger partial charge in [-0.05, 0) is 28.1 Å². The van der Waals surface area contributed by atoms with E-state index in [0.717, 1.165) is 18.3 Å². The highest BCUT2D eigenvalue weighted by molar-refractivity contribution is 9.10. The number of nitrogens with one attached hydrogen (secondary N) is 1. The van der Waals surface area contributed by atoms with Crippen LogP contribution in [-0.4, -0.2) is 23.3 Å². The molecule has 1 heterocycles. The first kappa shape index (κ1) is 15.3. The lowest BCUT2D eigenvalue weighted by atomic mass is 10.3. The number of anilines is 1. The van der Waals surface area contributed by atoms with Gasteiger partial charge >= 0.3 is 0 Å². The lowest BCUT2D eigenvalue weighted by Gasteiger charge is -2.07. The summed E-state index contributed by atoms with van der Waals surface area (Å²) in [6.45, 7) is 0. The molecule has 0 aliphatic heterocycles. The van der Waals surface area contributed by atoms with E-state index in [4.69, 9.17) is 0 Å². The van der Waals surface area contributed by atoms with Crippen LogP contribution in [0.5, 0.6) is 0 Å². The van der Waals surface area contributed by atoms with Gasteiger partial charge in [-0.3, -0.25) is 14.8 Å². The van der Waals surface area contributed by atoms with Gasteiger partial charge in [-0.25, -0.2) is 22.8 Å². The fraction of sp³-hybridized carbons (Fsp3) is 0. The molecular formula is C10H6BrFN4O4S. The van der Waals surface area contributed by atoms with Gasteiger partial charge in [0.05, 0.1) is 23.4 Å². The number of hydrogen-bond donors (Lipinski definition) is 1. The predicted molar refractivity (Wildman–Crippen MR) is 73.6 cm³/mol. The molecule has 2 rings (SSSR count). The van der Waals surface area contributed by atoms with Crippen LogP contribution in [0.3, 0.4) is 0 Å². The number of nitro groups is 1. The minimum atomic E-state index is -4.29. The fourth-order valence-electron chi connectivity index (χ4n) is 1.42. The predicted octanol–water partition coefficient (Wildman–Crippen LogP) is 2.09. The first-order chi connectivity index (χ1) is 9.79. The van der Waals surface area contributed by atoms with Crippen LogP contribution in [0.4, 0.5) is 15.9 Å². The molecule has 0 unspecified atom stereocenters. The molecule has 21 heavy (non-hydrogen) atoms. The average Bonchev–Trinajstić information content (AvgIpc) is 2.40. The molecule has 1 N–H and O–H groups in total. The number of sulfonamides is 1. The van der Waals surface area contributed by atoms with Crippen molar-refractivity contribution in [1.29, 1.82) is 0 Å². The Balaban J connectivity index is 2.44. The molecule has 0 aliphatic carbocycles. The Bertz CT molecular complexity index is 797. The molecule has 0 saturated heterocycles. The van der Waals surface area contributed by atoms with Gasteiger partial charge in [0.25, 0.3) is 15.7 Å². The van der Waals surface area contributed by atoms with Crippen LogP contribution in [0.1, 0.15) is 0 Å². The molecule has 0 spiro atoms. The van der Waals surface area contributed by atoms with Crippen molar-refractivity contribution in [1.82, 2.24) is 9.97 Å². The van der Waals surface area contributed by atoms with Crippen molar-refractivity contribution in [2.75, 3.05) is 4.72 Å². The highest BCUT2D eigenvalue weighted by Crippen LogP contribution is 2.26. The third kappa shape index (κ3) is 3.49. The van der Waals surface area contributed by atoms with Crippen molar-refractivity contribution in [3.8, 4) is 0 Å². The summed E-state index contributed by atoms with van der Waals surface area (Å²) in [4.78, 5) is 16.7. The summed E-state index contributed by atoms with van der Waals surface area (Å²) < 4.78 is 39.6. The number of nitrogens with zero attached hydrogens (tertiary/aromatic N) is 3. The molecule has 0 bridgehead atoms. The largest absolute Gasteiger partial charge is 0.292 e. The minimum absolute atomic E-state index is 0.128. The maximum absolute atomic E-state index is 13.0. The second-order valence-electron chi connectivity index (χ2n) is 3.70. The molecule has 0 atom stereocenters. The van der Waals surface area contributed by atoms with E-state index in [1.54, 1.807) is 0 Å². The second-order valence-corrected chi connectivity index (χ2v) is 6.16. The van der Waals surface area contributed by atoms with Gasteiger partial charge < -0.3 is 0 Å². The summed E-state index contributed by atoms with van der Waals surface area (Å²) in [5, 5.41) is 10.8. The van der Waals surface area contributed by atoms with Crippen LogP contribution in [0.2, 0.25) is 0 Å². The Labute approximate surface area is 126 Å². The van der Waals surface area contributed by atoms with Crippen LogP contribution < -0.4 is 4.72 Å². The Hall–Kier alpha value is -2.14. The van der Waals surface area contributed by atoms with Crippen LogP contribution >= 0.6 is 15.9 Å². The number of benzene rings is 1. The molecule has 11 heteroatoms. The molecule has 8 nitrogen and oxygen atoms in total. The molecule has 1 aromatic carbocycles. The minimum Gasteiger partial charge on any atom is -0.262 e. The number of rotatable bonds is 4. The van der Waals surface area contributed by atoms with E-state index in [-0.39, 0.29) is 5.82 Å². The number of nitro benzene ring substituents is 1. The highest BCUT2D eigenvalue weighted by Gasteiger charge is 2.26. The SMILES string of the molecule is O=[N+]([O-])c1cc(F)ccc1S(=O)(=O)Nc1cnc(Br)cn1. The molecule has 0 radical (unpaired) electrons. The molecule has 0 fully saturated rings. The zero-order valence-corrected chi connectivity index (χ0v) is 12.4. The topological polar surface area (TPSA) is 115 Å². The van der Waals surface area contributed by atoms with Crippen molar-refractivity contribution in [3.05, 3.63) is 51.1 Å². The zero-order chi connectivity index (χ0) is 15.6. The summed E-state index contributed by atoms with van der Waals surface area (Å²) in [7, 11) is -4.29. The quantitative estimate of drug-likeness (QED) is 0.645. The van der Waals surface area contributed by atoms with E-state index in [0.29, 0.717) is 10.7 Å². The number of halogens is 2. The van der Waals surface area contributed by atoms with Gasteiger partial charge in [-0.1, -0.05) is 0 Å². The lowest BCUT2D eigenvalue weighted by molar-refractivity contribution is -0.388. The van der Waals surface area contributed by atoms with Crippen molar-refractivity contribution in [3.63, 3.8) is 0 Å². The van der Waals surface area contributed by atoms with Crippen LogP contribution in [-0.2, 0) is 10.0 Å². The number of aromatic nitrogens is 2. The first-order valence-electron chi connectivity index (χ1n) is 5.24. The van der Waals surface area contributed by atoms with Gasteiger partial charge in [0.2, 0.25) is 0 Å². The fourth-order valence-corrected chi connectivity index (χ4v) is 2.77. The monoisotopic (exact) mass is 376 g/mol. The molecular weight excluding hydrogens is 371 g/mol. The van der Waals surface area contributed by atoms with E-state index in [1.165, 1.54) is 6.20 Å². The van der Waals surface area contributed by atoms with E-state index in [2.05, 4.69) is 25.9 Å². The summed E-state index contributed by atoms with van der Waals surface area (Å²) in [5.74, 6) is -1.04. The smallest absolute Gasteiger partial charge is 0.262 e. The lowest BCUT2D eigenvalue weighted by Crippen LogP contribution is -2.15. The first-order valence-corrected chi connectivity index (χ1v) is 7.51. The van der Waals surface area contributed by atoms with Gasteiger partial charge in [-0.2, -0.15) is 0 Å². The normalized spacial score (nSPS) is 11.1. The van der Waals surface area contributed by atoms with Gasteiger partial charge in [0, 0.05) is 0 Å². The summed E-state index contributed by atoms with van der Waals surface area (Å²) in [6, 6.07) is 2.15. The molecule has 0 amide bonds. The van der Waals surface area contributed by atoms with E-state index >= 15 is 0 Å². The van der Waals surface area contributed by atoms with E-state index in [1.807, 2.05) is 4.72 Å². The zero-order valence-electron chi connectivity index (χ0n) is 10.0. The maximum atomic E-state index is 13.0. The number of hydrogen-bond acceptors (Lipinski definition) is 6. The standard InChI is InChI=1S/C10H6BrFN4O4S/c11-9-4-14-10(5-13-9)15-21(19,20)8-2-1-6(12)3-7(8)16(17)18/h1-5H,(H,14,15). The summed E-state index contributed by atoms with van der Waals surface area (Å²) in [5.41, 5.74) is -0.868. The van der Waals surface area contributed by atoms with Gasteiger partial charge in [0.15, 0.2) is 10.7 Å². The van der Waals surface area contributed by atoms with E-state index < -0.39 is 31.3 Å². The second kappa shape index (κ2) is 5.69. The van der Waals surface area contributed by atoms with Crippen LogP contribution in [0.25, 0.3) is 0 Å². The third-order valence-electron chi connectivity index (χ3n) is 2.27. The van der Waals surface area contributed by atoms with Gasteiger partial charge in [0.1, 0.15) is 10.4 Å². The molecule has 2 aromatic rings. The van der Waals surface area contributed by atoms with Crippen LogP contribution in [0, 0.1) is 15.9 Å². The molecule has 110 valence electrons. The Kier molecular flexibility index (Phi) is 4.14. The maximum Gasteiger partial charge on any atom is 0.292 e. The Morgan fingerprint density at radius 3 is 2.57 bits per heavy atom. The summed E-state index contributed by atoms with van der Waals surface area (Å²) in [6.07, 6.45) is 2.37. The molecule has 0 aliphatic rings. The van der Waals surface area contributed by atoms with Crippen molar-refractivity contribution in [2.24, 2.45) is 0 Å². The van der Waals surface area contributed by atoms with E-state index in [9.17, 15) is 22.9 Å². The third-order valence-corrected chi connectivity index (χ3v) is 4.08. The molecule has 0 saturated carbocycles. The van der Waals surface area contributed by atoms with Gasteiger partial charge in [-0.15, -0.1) is 0 Å². The van der Waals surface area contributed by atoms with Crippen molar-refractivity contribution in [2.45, 2.75) is 4.90 Å². The van der Waals surface area contributed by atoms with Crippen molar-refractivity contribution >= 4 is 37.5 Å². The highest BCUT2D eigenvalue weighted by atomic mass is 79.9. The Morgan fingerprint density at radius 2 is 2.00 bits per heavy atom. The van der Waals surface area contributed by atoms with Crippen molar-refractivity contribution < 1.29 is 17.7 Å². The molecule has 1 aromatic heterocycles. The van der Waals surface area contributed by atoms with Crippen LogP contribution in [0.15, 0.2) is 40.1 Å².